The molecule has 0 aliphatic carbocycles. The van der Waals surface area contributed by atoms with Gasteiger partial charge in [0.05, 0.1) is 11.5 Å². The molecule has 9 nitrogen and oxygen atoms in total. The van der Waals surface area contributed by atoms with Crippen molar-refractivity contribution in [3.05, 3.63) is 69.9 Å². The zero-order valence-corrected chi connectivity index (χ0v) is 16.0. The number of non-ortho nitro benzene ring substituents is 1. The van der Waals surface area contributed by atoms with Crippen LogP contribution in [0.25, 0.3) is 6.08 Å². The summed E-state index contributed by atoms with van der Waals surface area (Å²) in [5.74, 6) is -0.396. The smallest absolute Gasteiger partial charge is 0.272 e. The predicted molar refractivity (Wildman–Crippen MR) is 107 cm³/mol. The first-order chi connectivity index (χ1) is 13.9. The highest BCUT2D eigenvalue weighted by molar-refractivity contribution is 6.08. The summed E-state index contributed by atoms with van der Waals surface area (Å²) < 4.78 is 10.4. The van der Waals surface area contributed by atoms with Crippen molar-refractivity contribution < 1.29 is 24.0 Å². The van der Waals surface area contributed by atoms with Crippen LogP contribution < -0.4 is 15.4 Å². The van der Waals surface area contributed by atoms with E-state index in [2.05, 4.69) is 10.6 Å². The third-order valence-electron chi connectivity index (χ3n) is 3.62. The van der Waals surface area contributed by atoms with Crippen molar-refractivity contribution in [1.29, 1.82) is 0 Å². The Morgan fingerprint density at radius 2 is 1.86 bits per heavy atom. The first-order valence-electron chi connectivity index (χ1n) is 8.66. The van der Waals surface area contributed by atoms with Crippen LogP contribution in [-0.2, 0) is 14.3 Å². The molecular weight excluding hydrogens is 378 g/mol. The van der Waals surface area contributed by atoms with Crippen molar-refractivity contribution in [2.75, 3.05) is 25.6 Å². The fourth-order valence-electron chi connectivity index (χ4n) is 2.32. The van der Waals surface area contributed by atoms with Crippen molar-refractivity contribution in [3.8, 4) is 5.75 Å². The summed E-state index contributed by atoms with van der Waals surface area (Å²) in [5.41, 5.74) is 0.730. The van der Waals surface area contributed by atoms with Gasteiger partial charge in [0.25, 0.3) is 11.6 Å². The number of rotatable bonds is 9. The fraction of sp³-hybridized carbons (Fsp3) is 0.200. The van der Waals surface area contributed by atoms with Crippen molar-refractivity contribution in [2.45, 2.75) is 6.92 Å². The van der Waals surface area contributed by atoms with E-state index in [-0.39, 0.29) is 11.4 Å². The van der Waals surface area contributed by atoms with Gasteiger partial charge in [-0.25, -0.2) is 0 Å². The number of methoxy groups -OCH3 is 1. The number of nitro groups is 1. The van der Waals surface area contributed by atoms with Crippen LogP contribution in [0.5, 0.6) is 5.75 Å². The average Bonchev–Trinajstić information content (AvgIpc) is 2.69. The topological polar surface area (TPSA) is 120 Å². The van der Waals surface area contributed by atoms with Crippen LogP contribution >= 0.6 is 0 Å². The van der Waals surface area contributed by atoms with Crippen LogP contribution in [0.1, 0.15) is 12.5 Å². The number of hydrogen-bond acceptors (Lipinski definition) is 6. The number of hydrogen-bond donors (Lipinski definition) is 2. The highest BCUT2D eigenvalue weighted by Gasteiger charge is 2.13. The minimum atomic E-state index is -0.570. The summed E-state index contributed by atoms with van der Waals surface area (Å²) >= 11 is 0. The number of carbonyl (C=O) groups is 2. The van der Waals surface area contributed by atoms with Gasteiger partial charge in [-0.15, -0.1) is 0 Å². The van der Waals surface area contributed by atoms with Gasteiger partial charge in [-0.1, -0.05) is 12.1 Å². The molecule has 2 amide bonds. The lowest BCUT2D eigenvalue weighted by atomic mass is 10.1. The Bertz CT molecular complexity index is 909. The van der Waals surface area contributed by atoms with E-state index in [4.69, 9.17) is 9.47 Å². The summed E-state index contributed by atoms with van der Waals surface area (Å²) in [7, 11) is 1.58. The van der Waals surface area contributed by atoms with E-state index < -0.39 is 16.7 Å². The molecule has 2 aromatic carbocycles. The molecule has 2 N–H and O–H groups in total. The molecule has 152 valence electrons. The molecule has 0 aliphatic heterocycles. The maximum atomic E-state index is 12.6. The number of nitrogens with zero attached hydrogens (tertiary/aromatic N) is 1. The van der Waals surface area contributed by atoms with Gasteiger partial charge in [0.15, 0.2) is 0 Å². The van der Waals surface area contributed by atoms with Crippen molar-refractivity contribution in [2.24, 2.45) is 0 Å². The SMILES string of the molecule is COCCOc1ccc(NC(=O)/C(=C/c2cccc([N+](=O)[O-])c2)NC(C)=O)cc1. The van der Waals surface area contributed by atoms with Crippen molar-refractivity contribution in [3.63, 3.8) is 0 Å². The molecule has 0 radical (unpaired) electrons. The highest BCUT2D eigenvalue weighted by atomic mass is 16.6. The van der Waals surface area contributed by atoms with E-state index in [0.717, 1.165) is 0 Å². The van der Waals surface area contributed by atoms with Crippen LogP contribution in [0.15, 0.2) is 54.2 Å². The van der Waals surface area contributed by atoms with Crippen LogP contribution in [0.3, 0.4) is 0 Å². The second kappa shape index (κ2) is 10.6. The van der Waals surface area contributed by atoms with E-state index in [1.54, 1.807) is 37.4 Å². The van der Waals surface area contributed by atoms with E-state index in [9.17, 15) is 19.7 Å². The van der Waals surface area contributed by atoms with Crippen LogP contribution in [0.4, 0.5) is 11.4 Å². The lowest BCUT2D eigenvalue weighted by Gasteiger charge is -2.11. The average molecular weight is 399 g/mol. The zero-order chi connectivity index (χ0) is 21.2. The van der Waals surface area contributed by atoms with Gasteiger partial charge in [-0.3, -0.25) is 19.7 Å². The number of carbonyl (C=O) groups excluding carboxylic acids is 2. The van der Waals surface area contributed by atoms with Gasteiger partial charge in [-0.2, -0.15) is 0 Å². The molecule has 2 aromatic rings. The van der Waals surface area contributed by atoms with Gasteiger partial charge in [-0.05, 0) is 35.9 Å². The Morgan fingerprint density at radius 1 is 1.14 bits per heavy atom. The summed E-state index contributed by atoms with van der Waals surface area (Å²) in [6.07, 6.45) is 1.37. The highest BCUT2D eigenvalue weighted by Crippen LogP contribution is 2.18. The number of amides is 2. The minimum absolute atomic E-state index is 0.0431. The summed E-state index contributed by atoms with van der Waals surface area (Å²) in [6, 6.07) is 12.4. The maximum Gasteiger partial charge on any atom is 0.272 e. The number of ether oxygens (including phenoxy) is 2. The molecule has 0 atom stereocenters. The van der Waals surface area contributed by atoms with Gasteiger partial charge in [0, 0.05) is 31.9 Å². The largest absolute Gasteiger partial charge is 0.491 e. The first kappa shape index (κ1) is 21.6. The Morgan fingerprint density at radius 3 is 2.48 bits per heavy atom. The lowest BCUT2D eigenvalue weighted by Crippen LogP contribution is -2.28. The lowest BCUT2D eigenvalue weighted by molar-refractivity contribution is -0.384. The quantitative estimate of drug-likeness (QED) is 0.290. The van der Waals surface area contributed by atoms with Crippen molar-refractivity contribution >= 4 is 29.3 Å². The molecule has 29 heavy (non-hydrogen) atoms. The Kier molecular flexibility index (Phi) is 7.87. The summed E-state index contributed by atoms with van der Waals surface area (Å²) in [6.45, 7) is 2.13. The Hall–Kier alpha value is -3.72. The number of nitrogens with one attached hydrogen (secondary N) is 2. The third-order valence-corrected chi connectivity index (χ3v) is 3.62. The maximum absolute atomic E-state index is 12.6. The van der Waals surface area contributed by atoms with Gasteiger partial charge < -0.3 is 20.1 Å². The second-order valence-electron chi connectivity index (χ2n) is 5.91. The minimum Gasteiger partial charge on any atom is -0.491 e. The molecule has 0 aromatic heterocycles. The van der Waals surface area contributed by atoms with E-state index in [1.807, 2.05) is 0 Å². The summed E-state index contributed by atoms with van der Waals surface area (Å²) in [5, 5.41) is 16.0. The van der Waals surface area contributed by atoms with Gasteiger partial charge in [0.2, 0.25) is 5.91 Å². The molecule has 0 unspecified atom stereocenters. The van der Waals surface area contributed by atoms with Crippen LogP contribution in [0, 0.1) is 10.1 Å². The molecular formula is C20H21N3O6. The number of nitro benzene ring substituents is 1. The van der Waals surface area contributed by atoms with E-state index >= 15 is 0 Å². The molecule has 0 saturated carbocycles. The number of benzene rings is 2. The molecule has 0 spiro atoms. The zero-order valence-electron chi connectivity index (χ0n) is 16.0. The van der Waals surface area contributed by atoms with E-state index in [0.29, 0.717) is 30.2 Å². The normalized spacial score (nSPS) is 10.9. The Balaban J connectivity index is 2.15. The molecule has 0 bridgehead atoms. The van der Waals surface area contributed by atoms with Crippen LogP contribution in [-0.4, -0.2) is 37.1 Å². The fourth-order valence-corrected chi connectivity index (χ4v) is 2.32. The monoisotopic (exact) mass is 399 g/mol. The Labute approximate surface area is 167 Å². The first-order valence-corrected chi connectivity index (χ1v) is 8.66. The molecule has 9 heteroatoms. The van der Waals surface area contributed by atoms with Crippen LogP contribution in [0.2, 0.25) is 0 Å². The predicted octanol–water partition coefficient (Wildman–Crippen LogP) is 2.74. The standard InChI is InChI=1S/C20H21N3O6/c1-14(24)21-19(13-15-4-3-5-17(12-15)23(26)27)20(25)22-16-6-8-18(9-7-16)29-11-10-28-2/h3-9,12-13H,10-11H2,1-2H3,(H,21,24)(H,22,25)/b19-13-. The summed E-state index contributed by atoms with van der Waals surface area (Å²) in [4.78, 5) is 34.5. The molecule has 0 saturated heterocycles. The van der Waals surface area contributed by atoms with Gasteiger partial charge >= 0.3 is 0 Å². The number of anilines is 1. The van der Waals surface area contributed by atoms with Gasteiger partial charge in [0.1, 0.15) is 18.1 Å². The molecule has 0 aliphatic rings. The second-order valence-corrected chi connectivity index (χ2v) is 5.91. The molecule has 0 fully saturated rings. The molecule has 0 heterocycles. The van der Waals surface area contributed by atoms with Crippen molar-refractivity contribution in [1.82, 2.24) is 5.32 Å². The van der Waals surface area contributed by atoms with E-state index in [1.165, 1.54) is 31.2 Å². The molecule has 2 rings (SSSR count). The third kappa shape index (κ3) is 7.07.